The van der Waals surface area contributed by atoms with Crippen LogP contribution in [-0.4, -0.2) is 23.1 Å². The summed E-state index contributed by atoms with van der Waals surface area (Å²) in [6.07, 6.45) is 4.12. The number of hydrogen-bond acceptors (Lipinski definition) is 5. The van der Waals surface area contributed by atoms with E-state index in [0.29, 0.717) is 23.2 Å². The van der Waals surface area contributed by atoms with Gasteiger partial charge in [-0.2, -0.15) is 0 Å². The Morgan fingerprint density at radius 2 is 2.00 bits per heavy atom. The molecule has 0 aliphatic rings. The Balaban J connectivity index is 1.44. The first kappa shape index (κ1) is 27.0. The third kappa shape index (κ3) is 6.66. The lowest BCUT2D eigenvalue weighted by Crippen LogP contribution is -2.32. The van der Waals surface area contributed by atoms with E-state index in [1.54, 1.807) is 13.2 Å². The molecule has 0 aliphatic heterocycles. The van der Waals surface area contributed by atoms with Gasteiger partial charge in [-0.3, -0.25) is 10.1 Å². The summed E-state index contributed by atoms with van der Waals surface area (Å²) in [5.74, 6) is 1.23. The molecule has 0 saturated heterocycles. The van der Waals surface area contributed by atoms with Gasteiger partial charge >= 0.3 is 0 Å². The standard InChI is InChI=1S/C28H25Br2N3O3S/c1-4-16(2)17-8-10-24-23(14-17)32-27(36-24)19-6-5-7-21(13-19)31-28(37)33-25(34)11-9-18-12-20(29)15-22(30)26(18)35-3/h5-16H,4H2,1-3H3,(H2,31,33,34,37)/b11-9+/t16-/m1/s1. The number of carbonyl (C=O) groups excluding carboxylic acids is 1. The molecule has 0 bridgehead atoms. The minimum Gasteiger partial charge on any atom is -0.495 e. The Bertz CT molecular complexity index is 1500. The zero-order valence-electron chi connectivity index (χ0n) is 20.5. The Labute approximate surface area is 237 Å². The average molecular weight is 643 g/mol. The third-order valence-electron chi connectivity index (χ3n) is 5.85. The normalized spacial score (nSPS) is 12.0. The Hall–Kier alpha value is -3.01. The van der Waals surface area contributed by atoms with Crippen molar-refractivity contribution in [1.82, 2.24) is 10.3 Å². The molecular weight excluding hydrogens is 618 g/mol. The van der Waals surface area contributed by atoms with Crippen molar-refractivity contribution in [3.63, 3.8) is 0 Å². The van der Waals surface area contributed by atoms with E-state index in [-0.39, 0.29) is 11.0 Å². The number of aromatic nitrogens is 1. The van der Waals surface area contributed by atoms with Crippen LogP contribution in [0.5, 0.6) is 5.75 Å². The van der Waals surface area contributed by atoms with Gasteiger partial charge in [0.15, 0.2) is 10.7 Å². The van der Waals surface area contributed by atoms with Crippen LogP contribution in [0.25, 0.3) is 28.6 Å². The van der Waals surface area contributed by atoms with Gasteiger partial charge in [-0.05, 0) is 94.6 Å². The van der Waals surface area contributed by atoms with E-state index in [0.717, 1.165) is 37.6 Å². The van der Waals surface area contributed by atoms with Crippen LogP contribution in [0.2, 0.25) is 0 Å². The number of carbonyl (C=O) groups is 1. The van der Waals surface area contributed by atoms with Crippen LogP contribution in [0.4, 0.5) is 5.69 Å². The minimum atomic E-state index is -0.372. The van der Waals surface area contributed by atoms with Crippen molar-refractivity contribution in [2.45, 2.75) is 26.2 Å². The van der Waals surface area contributed by atoms with E-state index >= 15 is 0 Å². The van der Waals surface area contributed by atoms with E-state index in [2.05, 4.69) is 73.5 Å². The second kappa shape index (κ2) is 12.0. The van der Waals surface area contributed by atoms with Crippen LogP contribution in [0.3, 0.4) is 0 Å². The largest absolute Gasteiger partial charge is 0.495 e. The Morgan fingerprint density at radius 3 is 2.76 bits per heavy atom. The molecule has 0 fully saturated rings. The summed E-state index contributed by atoms with van der Waals surface area (Å²) in [4.78, 5) is 17.1. The van der Waals surface area contributed by atoms with Gasteiger partial charge in [0.1, 0.15) is 11.3 Å². The zero-order valence-corrected chi connectivity index (χ0v) is 24.5. The molecule has 0 saturated carbocycles. The highest BCUT2D eigenvalue weighted by Gasteiger charge is 2.12. The lowest BCUT2D eigenvalue weighted by atomic mass is 9.98. The first-order valence-electron chi connectivity index (χ1n) is 11.6. The molecule has 1 heterocycles. The summed E-state index contributed by atoms with van der Waals surface area (Å²) in [5.41, 5.74) is 5.05. The number of oxazole rings is 1. The maximum Gasteiger partial charge on any atom is 0.250 e. The number of ether oxygens (including phenoxy) is 1. The SMILES string of the molecule is CC[C@@H](C)c1ccc2oc(-c3cccc(NC(=S)NC(=O)/C=C/c4cc(Br)cc(Br)c4OC)c3)nc2c1. The topological polar surface area (TPSA) is 76.4 Å². The number of amides is 1. The number of thiocarbonyl (C=S) groups is 1. The first-order chi connectivity index (χ1) is 17.8. The molecule has 2 N–H and O–H groups in total. The quantitative estimate of drug-likeness (QED) is 0.157. The highest BCUT2D eigenvalue weighted by Crippen LogP contribution is 2.33. The molecule has 0 aliphatic carbocycles. The van der Waals surface area contributed by atoms with E-state index in [1.807, 2.05) is 42.5 Å². The Morgan fingerprint density at radius 1 is 1.19 bits per heavy atom. The molecule has 190 valence electrons. The van der Waals surface area contributed by atoms with Crippen molar-refractivity contribution in [3.05, 3.63) is 80.7 Å². The van der Waals surface area contributed by atoms with E-state index in [4.69, 9.17) is 21.4 Å². The van der Waals surface area contributed by atoms with Gasteiger partial charge in [0.2, 0.25) is 11.8 Å². The number of anilines is 1. The summed E-state index contributed by atoms with van der Waals surface area (Å²) >= 11 is 12.2. The number of halogens is 2. The van der Waals surface area contributed by atoms with Crippen molar-refractivity contribution in [2.24, 2.45) is 0 Å². The van der Waals surface area contributed by atoms with Gasteiger partial charge in [0.05, 0.1) is 11.6 Å². The van der Waals surface area contributed by atoms with Gasteiger partial charge in [-0.1, -0.05) is 41.9 Å². The van der Waals surface area contributed by atoms with Crippen LogP contribution < -0.4 is 15.4 Å². The predicted molar refractivity (Wildman–Crippen MR) is 160 cm³/mol. The van der Waals surface area contributed by atoms with Crippen molar-refractivity contribution in [3.8, 4) is 17.2 Å². The predicted octanol–water partition coefficient (Wildman–Crippen LogP) is 8.07. The fourth-order valence-electron chi connectivity index (χ4n) is 3.74. The van der Waals surface area contributed by atoms with Crippen molar-refractivity contribution < 1.29 is 13.9 Å². The van der Waals surface area contributed by atoms with Gasteiger partial charge < -0.3 is 14.5 Å². The molecule has 37 heavy (non-hydrogen) atoms. The molecule has 1 aromatic heterocycles. The third-order valence-corrected chi connectivity index (χ3v) is 7.10. The van der Waals surface area contributed by atoms with Gasteiger partial charge in [-0.25, -0.2) is 4.98 Å². The number of rotatable bonds is 7. The summed E-state index contributed by atoms with van der Waals surface area (Å²) in [5, 5.41) is 5.87. The van der Waals surface area contributed by atoms with Crippen molar-refractivity contribution in [1.29, 1.82) is 0 Å². The molecule has 1 atom stereocenters. The van der Waals surface area contributed by atoms with E-state index in [9.17, 15) is 4.79 Å². The second-order valence-corrected chi connectivity index (χ2v) is 10.6. The summed E-state index contributed by atoms with van der Waals surface area (Å²) in [7, 11) is 1.57. The summed E-state index contributed by atoms with van der Waals surface area (Å²) in [6, 6.07) is 17.4. The van der Waals surface area contributed by atoms with Gasteiger partial charge in [0.25, 0.3) is 0 Å². The molecule has 4 rings (SSSR count). The van der Waals surface area contributed by atoms with Crippen LogP contribution in [-0.2, 0) is 4.79 Å². The summed E-state index contributed by atoms with van der Waals surface area (Å²) in [6.45, 7) is 4.37. The molecule has 0 radical (unpaired) electrons. The number of fused-ring (bicyclic) bond motifs is 1. The first-order valence-corrected chi connectivity index (χ1v) is 13.6. The average Bonchev–Trinajstić information content (AvgIpc) is 3.30. The molecule has 9 heteroatoms. The fourth-order valence-corrected chi connectivity index (χ4v) is 5.38. The molecule has 0 unspecified atom stereocenters. The highest BCUT2D eigenvalue weighted by atomic mass is 79.9. The molecule has 0 spiro atoms. The van der Waals surface area contributed by atoms with E-state index in [1.165, 1.54) is 11.6 Å². The second-order valence-electron chi connectivity index (χ2n) is 8.42. The lowest BCUT2D eigenvalue weighted by molar-refractivity contribution is -0.115. The number of nitrogens with one attached hydrogen (secondary N) is 2. The molecule has 3 aromatic carbocycles. The van der Waals surface area contributed by atoms with Crippen LogP contribution in [0, 0.1) is 0 Å². The molecule has 6 nitrogen and oxygen atoms in total. The number of methoxy groups -OCH3 is 1. The van der Waals surface area contributed by atoms with Crippen LogP contribution >= 0.6 is 44.1 Å². The van der Waals surface area contributed by atoms with Crippen molar-refractivity contribution in [2.75, 3.05) is 12.4 Å². The maximum absolute atomic E-state index is 12.5. The number of hydrogen-bond donors (Lipinski definition) is 2. The number of benzene rings is 3. The van der Waals surface area contributed by atoms with Gasteiger partial charge in [-0.15, -0.1) is 0 Å². The zero-order chi connectivity index (χ0) is 26.5. The number of nitrogens with zero attached hydrogens (tertiary/aromatic N) is 1. The fraction of sp³-hybridized carbons (Fsp3) is 0.179. The lowest BCUT2D eigenvalue weighted by Gasteiger charge is -2.10. The van der Waals surface area contributed by atoms with E-state index < -0.39 is 0 Å². The molecule has 1 amide bonds. The molecule has 4 aromatic rings. The monoisotopic (exact) mass is 641 g/mol. The highest BCUT2D eigenvalue weighted by molar-refractivity contribution is 9.11. The maximum atomic E-state index is 12.5. The summed E-state index contributed by atoms with van der Waals surface area (Å²) < 4.78 is 13.0. The van der Waals surface area contributed by atoms with Crippen molar-refractivity contribution >= 4 is 78.0 Å². The Kier molecular flexibility index (Phi) is 8.79. The minimum absolute atomic E-state index is 0.171. The van der Waals surface area contributed by atoms with Gasteiger partial charge in [0, 0.05) is 27.4 Å². The molecular formula is C28H25Br2N3O3S. The smallest absolute Gasteiger partial charge is 0.250 e. The van der Waals surface area contributed by atoms with Crippen LogP contribution in [0.1, 0.15) is 37.3 Å². The van der Waals surface area contributed by atoms with Crippen LogP contribution in [0.15, 0.2) is 74.0 Å².